The fourth-order valence-corrected chi connectivity index (χ4v) is 2.23. The van der Waals surface area contributed by atoms with E-state index in [2.05, 4.69) is 0 Å². The van der Waals surface area contributed by atoms with E-state index in [0.29, 0.717) is 29.4 Å². The Bertz CT molecular complexity index is 620. The third-order valence-corrected chi connectivity index (χ3v) is 3.45. The number of benzene rings is 2. The first kappa shape index (κ1) is 14.6. The highest BCUT2D eigenvalue weighted by Crippen LogP contribution is 2.23. The van der Waals surface area contributed by atoms with E-state index in [1.807, 2.05) is 50.2 Å². The van der Waals surface area contributed by atoms with Crippen LogP contribution in [0.15, 0.2) is 42.5 Å². The third-order valence-electron chi connectivity index (χ3n) is 3.10. The molecule has 0 atom stereocenters. The van der Waals surface area contributed by atoms with E-state index >= 15 is 0 Å². The van der Waals surface area contributed by atoms with E-state index < -0.39 is 0 Å². The molecular weight excluding hydrogens is 272 g/mol. The van der Waals surface area contributed by atoms with Gasteiger partial charge in [0.05, 0.1) is 5.56 Å². The zero-order chi connectivity index (χ0) is 14.5. The summed E-state index contributed by atoms with van der Waals surface area (Å²) < 4.78 is 5.76. The number of ketones is 1. The Morgan fingerprint density at radius 3 is 2.65 bits per heavy atom. The van der Waals surface area contributed by atoms with Crippen LogP contribution < -0.4 is 4.74 Å². The Morgan fingerprint density at radius 2 is 1.95 bits per heavy atom. The van der Waals surface area contributed by atoms with E-state index in [-0.39, 0.29) is 5.78 Å². The summed E-state index contributed by atoms with van der Waals surface area (Å²) in [5.41, 5.74) is 2.65. The van der Waals surface area contributed by atoms with Crippen molar-refractivity contribution >= 4 is 17.4 Å². The summed E-state index contributed by atoms with van der Waals surface area (Å²) in [6.45, 7) is 4.19. The number of hydrogen-bond acceptors (Lipinski definition) is 2. The van der Waals surface area contributed by atoms with Crippen LogP contribution in [0.5, 0.6) is 5.75 Å². The van der Waals surface area contributed by atoms with Crippen LogP contribution in [0, 0.1) is 6.92 Å². The van der Waals surface area contributed by atoms with Gasteiger partial charge in [0.2, 0.25) is 0 Å². The third kappa shape index (κ3) is 3.40. The van der Waals surface area contributed by atoms with Gasteiger partial charge in [0.15, 0.2) is 5.78 Å². The predicted octanol–water partition coefficient (Wildman–Crippen LogP) is 4.82. The zero-order valence-electron chi connectivity index (χ0n) is 11.7. The van der Waals surface area contributed by atoms with Gasteiger partial charge < -0.3 is 4.74 Å². The van der Waals surface area contributed by atoms with Crippen LogP contribution in [0.25, 0.3) is 0 Å². The maximum atomic E-state index is 11.9. The Labute approximate surface area is 124 Å². The second-order valence-corrected chi connectivity index (χ2v) is 5.06. The molecule has 0 fully saturated rings. The van der Waals surface area contributed by atoms with Crippen molar-refractivity contribution in [1.29, 1.82) is 0 Å². The summed E-state index contributed by atoms with van der Waals surface area (Å²) in [6.07, 6.45) is 0.464. The second-order valence-electron chi connectivity index (χ2n) is 4.66. The molecule has 0 bridgehead atoms. The summed E-state index contributed by atoms with van der Waals surface area (Å²) in [5, 5.41) is 0.685. The fourth-order valence-electron chi connectivity index (χ4n) is 1.94. The molecule has 0 aliphatic carbocycles. The zero-order valence-corrected chi connectivity index (χ0v) is 12.4. The molecule has 0 N–H and O–H groups in total. The van der Waals surface area contributed by atoms with E-state index in [9.17, 15) is 4.79 Å². The highest BCUT2D eigenvalue weighted by atomic mass is 35.5. The van der Waals surface area contributed by atoms with Crippen LogP contribution in [0.4, 0.5) is 0 Å². The molecule has 2 rings (SSSR count). The van der Waals surface area contributed by atoms with Crippen LogP contribution >= 0.6 is 11.6 Å². The number of carbonyl (C=O) groups excluding carboxylic acids is 1. The lowest BCUT2D eigenvalue weighted by Crippen LogP contribution is -2.03. The fraction of sp³-hybridized carbons (Fsp3) is 0.235. The summed E-state index contributed by atoms with van der Waals surface area (Å²) in [5.74, 6) is 0.687. The van der Waals surface area contributed by atoms with Crippen molar-refractivity contribution in [1.82, 2.24) is 0 Å². The van der Waals surface area contributed by atoms with Crippen molar-refractivity contribution in [3.63, 3.8) is 0 Å². The van der Waals surface area contributed by atoms with Crippen molar-refractivity contribution in [2.75, 3.05) is 0 Å². The lowest BCUT2D eigenvalue weighted by Gasteiger charge is -2.11. The van der Waals surface area contributed by atoms with Gasteiger partial charge in [-0.05, 0) is 30.7 Å². The first-order valence-corrected chi connectivity index (χ1v) is 6.99. The molecule has 0 amide bonds. The first-order chi connectivity index (χ1) is 9.61. The van der Waals surface area contributed by atoms with Crippen molar-refractivity contribution < 1.29 is 9.53 Å². The SMILES string of the molecule is CCC(=O)c1ccccc1OCc1ccc(C)cc1Cl. The number of aryl methyl sites for hydroxylation is 1. The maximum absolute atomic E-state index is 11.9. The summed E-state index contributed by atoms with van der Waals surface area (Å²) in [7, 11) is 0. The normalized spacial score (nSPS) is 10.3. The van der Waals surface area contributed by atoms with Crippen molar-refractivity contribution in [2.24, 2.45) is 0 Å². The first-order valence-electron chi connectivity index (χ1n) is 6.62. The Hall–Kier alpha value is -1.80. The van der Waals surface area contributed by atoms with E-state index in [4.69, 9.17) is 16.3 Å². The van der Waals surface area contributed by atoms with Crippen LogP contribution in [-0.4, -0.2) is 5.78 Å². The molecule has 104 valence electrons. The van der Waals surface area contributed by atoms with Gasteiger partial charge in [0.1, 0.15) is 12.4 Å². The van der Waals surface area contributed by atoms with Gasteiger partial charge in [-0.15, -0.1) is 0 Å². The lowest BCUT2D eigenvalue weighted by molar-refractivity contribution is 0.0983. The number of carbonyl (C=O) groups is 1. The largest absolute Gasteiger partial charge is 0.488 e. The van der Waals surface area contributed by atoms with E-state index in [0.717, 1.165) is 11.1 Å². The Morgan fingerprint density at radius 1 is 1.20 bits per heavy atom. The molecule has 20 heavy (non-hydrogen) atoms. The predicted molar refractivity (Wildman–Crippen MR) is 81.6 cm³/mol. The average Bonchev–Trinajstić information content (AvgIpc) is 2.46. The van der Waals surface area contributed by atoms with Gasteiger partial charge in [-0.25, -0.2) is 0 Å². The quantitative estimate of drug-likeness (QED) is 0.737. The minimum atomic E-state index is 0.0793. The van der Waals surface area contributed by atoms with Crippen molar-refractivity contribution in [2.45, 2.75) is 26.9 Å². The molecule has 3 heteroatoms. The summed E-state index contributed by atoms with van der Waals surface area (Å²) >= 11 is 6.18. The number of ether oxygens (including phenoxy) is 1. The highest BCUT2D eigenvalue weighted by molar-refractivity contribution is 6.31. The number of halogens is 1. The maximum Gasteiger partial charge on any atom is 0.166 e. The number of para-hydroxylation sites is 1. The second kappa shape index (κ2) is 6.58. The summed E-state index contributed by atoms with van der Waals surface area (Å²) in [6, 6.07) is 13.1. The molecule has 2 aromatic carbocycles. The summed E-state index contributed by atoms with van der Waals surface area (Å²) in [4.78, 5) is 11.9. The van der Waals surface area contributed by atoms with Crippen LogP contribution in [0.3, 0.4) is 0 Å². The lowest BCUT2D eigenvalue weighted by atomic mass is 10.1. The van der Waals surface area contributed by atoms with E-state index in [1.165, 1.54) is 0 Å². The monoisotopic (exact) mass is 288 g/mol. The molecule has 0 aliphatic heterocycles. The molecule has 0 spiro atoms. The van der Waals surface area contributed by atoms with Crippen molar-refractivity contribution in [3.05, 3.63) is 64.2 Å². The Kier molecular flexibility index (Phi) is 4.80. The Balaban J connectivity index is 2.17. The molecule has 0 aromatic heterocycles. The number of hydrogen-bond donors (Lipinski definition) is 0. The molecular formula is C17H17ClO2. The van der Waals surface area contributed by atoms with Gasteiger partial charge in [-0.3, -0.25) is 4.79 Å². The average molecular weight is 289 g/mol. The van der Waals surface area contributed by atoms with Crippen molar-refractivity contribution in [3.8, 4) is 5.75 Å². The number of Topliss-reactive ketones (excluding diaryl/α,β-unsaturated/α-hetero) is 1. The topological polar surface area (TPSA) is 26.3 Å². The minimum Gasteiger partial charge on any atom is -0.488 e. The molecule has 2 nitrogen and oxygen atoms in total. The molecule has 2 aromatic rings. The van der Waals surface area contributed by atoms with Gasteiger partial charge >= 0.3 is 0 Å². The van der Waals surface area contributed by atoms with Gasteiger partial charge in [-0.1, -0.05) is 42.8 Å². The number of rotatable bonds is 5. The molecule has 0 unspecified atom stereocenters. The van der Waals surface area contributed by atoms with Crippen LogP contribution in [0.1, 0.15) is 34.8 Å². The molecule has 0 saturated heterocycles. The van der Waals surface area contributed by atoms with Gasteiger partial charge in [0.25, 0.3) is 0 Å². The van der Waals surface area contributed by atoms with E-state index in [1.54, 1.807) is 6.07 Å². The highest BCUT2D eigenvalue weighted by Gasteiger charge is 2.10. The molecule has 0 aliphatic rings. The van der Waals surface area contributed by atoms with Gasteiger partial charge in [-0.2, -0.15) is 0 Å². The standard InChI is InChI=1S/C17H17ClO2/c1-3-16(19)14-6-4-5-7-17(14)20-11-13-9-8-12(2)10-15(13)18/h4-10H,3,11H2,1-2H3. The van der Waals surface area contributed by atoms with Gasteiger partial charge in [0, 0.05) is 17.0 Å². The van der Waals surface area contributed by atoms with Crippen LogP contribution in [-0.2, 0) is 6.61 Å². The molecule has 0 radical (unpaired) electrons. The minimum absolute atomic E-state index is 0.0793. The van der Waals surface area contributed by atoms with Crippen LogP contribution in [0.2, 0.25) is 5.02 Å². The molecule has 0 saturated carbocycles. The smallest absolute Gasteiger partial charge is 0.166 e. The molecule has 0 heterocycles.